The second-order valence-electron chi connectivity index (χ2n) is 8.25. The van der Waals surface area contributed by atoms with Crippen LogP contribution in [0, 0.1) is 5.82 Å². The third kappa shape index (κ3) is 4.42. The van der Waals surface area contributed by atoms with E-state index in [0.29, 0.717) is 35.9 Å². The van der Waals surface area contributed by atoms with E-state index in [-0.39, 0.29) is 11.8 Å². The number of ether oxygens (including phenoxy) is 3. The van der Waals surface area contributed by atoms with E-state index in [0.717, 1.165) is 33.8 Å². The van der Waals surface area contributed by atoms with Crippen molar-refractivity contribution < 1.29 is 23.4 Å². The highest BCUT2D eigenvalue weighted by molar-refractivity contribution is 5.82. The van der Waals surface area contributed by atoms with Crippen LogP contribution in [0.3, 0.4) is 0 Å². The van der Waals surface area contributed by atoms with Crippen molar-refractivity contribution in [2.75, 3.05) is 19.5 Å². The molecule has 4 aromatic rings. The van der Waals surface area contributed by atoms with E-state index in [2.05, 4.69) is 5.32 Å². The van der Waals surface area contributed by atoms with Crippen LogP contribution >= 0.6 is 0 Å². The van der Waals surface area contributed by atoms with Gasteiger partial charge in [-0.15, -0.1) is 0 Å². The summed E-state index contributed by atoms with van der Waals surface area (Å²) in [5.74, 6) is 1.87. The van der Waals surface area contributed by atoms with E-state index in [1.54, 1.807) is 32.4 Å². The number of fused-ring (bicyclic) bond motifs is 3. The third-order valence-electron chi connectivity index (χ3n) is 5.89. The number of carbonyl (C=O) groups excluding carboxylic acids is 1. The number of nitrogens with zero attached hydrogens (tertiary/aromatic N) is 2. The smallest absolute Gasteiger partial charge is 0.308 e. The number of methoxy groups -OCH3 is 2. The van der Waals surface area contributed by atoms with Crippen molar-refractivity contribution in [3.8, 4) is 28.5 Å². The maximum Gasteiger partial charge on any atom is 0.308 e. The first-order chi connectivity index (χ1) is 16.9. The zero-order valence-electron chi connectivity index (χ0n) is 19.6. The largest absolute Gasteiger partial charge is 0.493 e. The molecule has 0 atom stereocenters. The fourth-order valence-corrected chi connectivity index (χ4v) is 4.32. The molecule has 0 saturated carbocycles. The summed E-state index contributed by atoms with van der Waals surface area (Å²) in [5, 5.41) is 8.30. The van der Waals surface area contributed by atoms with Crippen molar-refractivity contribution in [2.24, 2.45) is 0 Å². The monoisotopic (exact) mass is 473 g/mol. The van der Waals surface area contributed by atoms with Gasteiger partial charge in [-0.2, -0.15) is 5.10 Å². The highest BCUT2D eigenvalue weighted by atomic mass is 19.1. The highest BCUT2D eigenvalue weighted by Crippen LogP contribution is 2.45. The van der Waals surface area contributed by atoms with Crippen LogP contribution in [0.2, 0.25) is 0 Å². The minimum absolute atomic E-state index is 0.323. The Morgan fingerprint density at radius 2 is 1.80 bits per heavy atom. The van der Waals surface area contributed by atoms with Crippen molar-refractivity contribution >= 4 is 17.5 Å². The number of hydrogen-bond acceptors (Lipinski definition) is 6. The Kier molecular flexibility index (Phi) is 5.86. The summed E-state index contributed by atoms with van der Waals surface area (Å²) < 4.78 is 31.9. The lowest BCUT2D eigenvalue weighted by Crippen LogP contribution is -2.08. The van der Waals surface area contributed by atoms with Gasteiger partial charge >= 0.3 is 5.97 Å². The molecule has 0 amide bonds. The van der Waals surface area contributed by atoms with Gasteiger partial charge in [0.1, 0.15) is 17.4 Å². The first-order valence-electron chi connectivity index (χ1n) is 11.1. The molecule has 1 aliphatic carbocycles. The molecule has 0 bridgehead atoms. The Balaban J connectivity index is 1.55. The lowest BCUT2D eigenvalue weighted by Gasteiger charge is -2.14. The number of halogens is 1. The van der Waals surface area contributed by atoms with Crippen LogP contribution in [0.1, 0.15) is 23.6 Å². The summed E-state index contributed by atoms with van der Waals surface area (Å²) in [5.41, 5.74) is 5.51. The fourth-order valence-electron chi connectivity index (χ4n) is 4.32. The first-order valence-corrected chi connectivity index (χ1v) is 11.1. The summed E-state index contributed by atoms with van der Waals surface area (Å²) in [6.07, 6.45) is 0.647. The van der Waals surface area contributed by atoms with Crippen LogP contribution in [-0.2, 0) is 17.8 Å². The topological polar surface area (TPSA) is 74.6 Å². The average Bonchev–Trinajstić information content (AvgIpc) is 3.34. The molecule has 0 spiro atoms. The molecule has 7 nitrogen and oxygen atoms in total. The molecule has 8 heteroatoms. The minimum atomic E-state index is -0.367. The number of anilines is 2. The molecule has 1 N–H and O–H groups in total. The van der Waals surface area contributed by atoms with Crippen molar-refractivity contribution in [1.82, 2.24) is 9.78 Å². The molecule has 3 aromatic carbocycles. The average molecular weight is 474 g/mol. The van der Waals surface area contributed by atoms with Gasteiger partial charge in [0.2, 0.25) is 0 Å². The predicted molar refractivity (Wildman–Crippen MR) is 130 cm³/mol. The van der Waals surface area contributed by atoms with E-state index in [4.69, 9.17) is 19.3 Å². The summed E-state index contributed by atoms with van der Waals surface area (Å²) in [7, 11) is 3.22. The van der Waals surface area contributed by atoms with Gasteiger partial charge in [-0.25, -0.2) is 9.07 Å². The van der Waals surface area contributed by atoms with Crippen molar-refractivity contribution in [2.45, 2.75) is 19.9 Å². The Bertz CT molecular complexity index is 1410. The summed E-state index contributed by atoms with van der Waals surface area (Å²) >= 11 is 0. The first kappa shape index (κ1) is 22.5. The van der Waals surface area contributed by atoms with Crippen LogP contribution in [0.5, 0.6) is 17.2 Å². The van der Waals surface area contributed by atoms with Crippen LogP contribution in [-0.4, -0.2) is 30.0 Å². The SMILES string of the molecule is COc1cc2c(cc1OC)-c1nn(Cc3ccc(OC(C)=O)cc3)c(Nc3cccc(F)c3)c1C2. The standard InChI is InChI=1S/C27H24FN3O4/c1-16(32)35-21-9-7-17(8-10-21)15-31-27(29-20-6-4-5-19(28)13-20)23-11-18-12-24(33-2)25(34-3)14-22(18)26(23)30-31/h4-10,12-14,29H,11,15H2,1-3H3. The number of hydrogen-bond donors (Lipinski definition) is 1. The number of rotatable bonds is 7. The molecule has 0 radical (unpaired) electrons. The molecular weight excluding hydrogens is 449 g/mol. The van der Waals surface area contributed by atoms with Crippen LogP contribution in [0.15, 0.2) is 60.7 Å². The fraction of sp³-hybridized carbons (Fsp3) is 0.185. The Morgan fingerprint density at radius 1 is 1.06 bits per heavy atom. The van der Waals surface area contributed by atoms with Gasteiger partial charge in [-0.3, -0.25) is 4.79 Å². The Labute approximate surface area is 202 Å². The van der Waals surface area contributed by atoms with Gasteiger partial charge in [0.25, 0.3) is 0 Å². The molecule has 1 aliphatic rings. The lowest BCUT2D eigenvalue weighted by atomic mass is 10.1. The molecule has 0 saturated heterocycles. The lowest BCUT2D eigenvalue weighted by molar-refractivity contribution is -0.131. The van der Waals surface area contributed by atoms with Gasteiger partial charge in [-0.05, 0) is 53.6 Å². The maximum absolute atomic E-state index is 13.9. The molecule has 0 unspecified atom stereocenters. The van der Waals surface area contributed by atoms with Crippen LogP contribution in [0.4, 0.5) is 15.9 Å². The Hall–Kier alpha value is -4.33. The van der Waals surface area contributed by atoms with Gasteiger partial charge in [-0.1, -0.05) is 18.2 Å². The number of aromatic nitrogens is 2. The van der Waals surface area contributed by atoms with E-state index in [9.17, 15) is 9.18 Å². The van der Waals surface area contributed by atoms with E-state index in [1.165, 1.54) is 19.1 Å². The van der Waals surface area contributed by atoms with Crippen molar-refractivity contribution in [3.63, 3.8) is 0 Å². The zero-order chi connectivity index (χ0) is 24.5. The van der Waals surface area contributed by atoms with E-state index in [1.807, 2.05) is 35.0 Å². The second-order valence-corrected chi connectivity index (χ2v) is 8.25. The number of benzene rings is 3. The van der Waals surface area contributed by atoms with Crippen molar-refractivity contribution in [1.29, 1.82) is 0 Å². The summed E-state index contributed by atoms with van der Waals surface area (Å²) in [6.45, 7) is 1.83. The highest BCUT2D eigenvalue weighted by Gasteiger charge is 2.29. The quantitative estimate of drug-likeness (QED) is 0.255. The molecule has 0 fully saturated rings. The van der Waals surface area contributed by atoms with E-state index >= 15 is 0 Å². The Morgan fingerprint density at radius 3 is 2.49 bits per heavy atom. The summed E-state index contributed by atoms with van der Waals surface area (Å²) in [6, 6.07) is 17.5. The number of nitrogens with one attached hydrogen (secondary N) is 1. The molecule has 5 rings (SSSR count). The van der Waals surface area contributed by atoms with Gasteiger partial charge in [0.05, 0.1) is 26.5 Å². The van der Waals surface area contributed by atoms with Gasteiger partial charge in [0, 0.05) is 30.2 Å². The number of carbonyl (C=O) groups is 1. The molecule has 178 valence electrons. The molecule has 1 heterocycles. The zero-order valence-corrected chi connectivity index (χ0v) is 19.6. The molecule has 1 aromatic heterocycles. The van der Waals surface area contributed by atoms with Crippen LogP contribution < -0.4 is 19.5 Å². The molecule has 0 aliphatic heterocycles. The maximum atomic E-state index is 13.9. The van der Waals surface area contributed by atoms with Crippen molar-refractivity contribution in [3.05, 3.63) is 83.2 Å². The normalized spacial score (nSPS) is 11.5. The predicted octanol–water partition coefficient (Wildman–Crippen LogP) is 5.33. The third-order valence-corrected chi connectivity index (χ3v) is 5.89. The van der Waals surface area contributed by atoms with Crippen LogP contribution in [0.25, 0.3) is 11.3 Å². The van der Waals surface area contributed by atoms with Gasteiger partial charge in [0.15, 0.2) is 11.5 Å². The van der Waals surface area contributed by atoms with Gasteiger partial charge < -0.3 is 19.5 Å². The minimum Gasteiger partial charge on any atom is -0.493 e. The molecule has 35 heavy (non-hydrogen) atoms. The van der Waals surface area contributed by atoms with E-state index < -0.39 is 0 Å². The molecular formula is C27H24FN3O4. The summed E-state index contributed by atoms with van der Waals surface area (Å²) in [4.78, 5) is 11.2. The second kappa shape index (κ2) is 9.13. The number of esters is 1.